The molecule has 5 heteroatoms. The van der Waals surface area contributed by atoms with Crippen LogP contribution in [0, 0.1) is 6.92 Å². The van der Waals surface area contributed by atoms with Crippen LogP contribution in [-0.4, -0.2) is 20.6 Å². The molecule has 50 heavy (non-hydrogen) atoms. The van der Waals surface area contributed by atoms with E-state index in [-0.39, 0.29) is 12.0 Å². The molecule has 2 aromatic heterocycles. The highest BCUT2D eigenvalue weighted by atomic mass is 16.5. The van der Waals surface area contributed by atoms with Crippen LogP contribution >= 0.6 is 0 Å². The molecule has 4 heterocycles. The third kappa shape index (κ3) is 3.89. The van der Waals surface area contributed by atoms with Crippen molar-refractivity contribution >= 4 is 49.9 Å². The third-order valence-electron chi connectivity index (χ3n) is 10.6. The molecular weight excluding hydrogens is 613 g/mol. The first-order valence-electron chi connectivity index (χ1n) is 17.2. The van der Waals surface area contributed by atoms with E-state index < -0.39 is 0 Å². The maximum absolute atomic E-state index is 6.35. The summed E-state index contributed by atoms with van der Waals surface area (Å²) >= 11 is 0. The Kier molecular flexibility index (Phi) is 5.65. The van der Waals surface area contributed by atoms with Gasteiger partial charge >= 0.3 is 0 Å². The minimum Gasteiger partial charge on any atom is -0.456 e. The largest absolute Gasteiger partial charge is 0.456 e. The van der Waals surface area contributed by atoms with Crippen molar-refractivity contribution < 1.29 is 4.74 Å². The summed E-state index contributed by atoms with van der Waals surface area (Å²) in [5.74, 6) is 2.49. The Morgan fingerprint density at radius 3 is 2.46 bits per heavy atom. The zero-order valence-electron chi connectivity index (χ0n) is 27.3. The van der Waals surface area contributed by atoms with Crippen molar-refractivity contribution in [3.8, 4) is 28.4 Å². The molecule has 0 amide bonds. The number of para-hydroxylation sites is 3. The summed E-state index contributed by atoms with van der Waals surface area (Å²) in [6.45, 7) is 2.09. The number of fused-ring (bicyclic) bond motifs is 8. The van der Waals surface area contributed by atoms with Gasteiger partial charge in [0.2, 0.25) is 5.95 Å². The average Bonchev–Trinajstić information content (AvgIpc) is 3.67. The molecule has 2 atom stereocenters. The van der Waals surface area contributed by atoms with Gasteiger partial charge in [0.15, 0.2) is 0 Å². The van der Waals surface area contributed by atoms with Gasteiger partial charge in [-0.2, -0.15) is 0 Å². The molecule has 0 radical (unpaired) electrons. The first-order chi connectivity index (χ1) is 24.7. The van der Waals surface area contributed by atoms with E-state index in [1.54, 1.807) is 0 Å². The predicted octanol–water partition coefficient (Wildman–Crippen LogP) is 11.1. The molecule has 0 saturated heterocycles. The normalized spacial score (nSPS) is 17.1. The molecule has 5 nitrogen and oxygen atoms in total. The van der Waals surface area contributed by atoms with E-state index in [1.807, 2.05) is 12.1 Å². The van der Waals surface area contributed by atoms with Gasteiger partial charge in [-0.1, -0.05) is 91.0 Å². The zero-order chi connectivity index (χ0) is 32.9. The van der Waals surface area contributed by atoms with Gasteiger partial charge in [0.1, 0.15) is 11.5 Å². The number of anilines is 2. The van der Waals surface area contributed by atoms with Gasteiger partial charge in [-0.3, -0.25) is 0 Å². The van der Waals surface area contributed by atoms with Gasteiger partial charge < -0.3 is 14.2 Å². The number of aromatic nitrogens is 3. The maximum atomic E-state index is 6.35. The fraction of sp³-hybridized carbons (Fsp3) is 0.0667. The smallest absolute Gasteiger partial charge is 0.231 e. The summed E-state index contributed by atoms with van der Waals surface area (Å²) in [5.41, 5.74) is 12.4. The highest BCUT2D eigenvalue weighted by Crippen LogP contribution is 2.51. The second-order valence-corrected chi connectivity index (χ2v) is 13.5. The second kappa shape index (κ2) is 10.3. The summed E-state index contributed by atoms with van der Waals surface area (Å²) in [6.07, 6.45) is 7.07. The van der Waals surface area contributed by atoms with Crippen molar-refractivity contribution in [1.82, 2.24) is 14.5 Å². The van der Waals surface area contributed by atoms with Crippen LogP contribution in [0.1, 0.15) is 22.6 Å². The molecule has 236 valence electrons. The van der Waals surface area contributed by atoms with E-state index in [0.29, 0.717) is 5.95 Å². The molecule has 6 aromatic carbocycles. The molecule has 8 aromatic rings. The third-order valence-corrected chi connectivity index (χ3v) is 10.6. The summed E-state index contributed by atoms with van der Waals surface area (Å²) in [4.78, 5) is 12.8. The lowest BCUT2D eigenvalue weighted by Gasteiger charge is -2.29. The van der Waals surface area contributed by atoms with Crippen molar-refractivity contribution in [2.75, 3.05) is 4.90 Å². The van der Waals surface area contributed by atoms with E-state index in [9.17, 15) is 0 Å². The van der Waals surface area contributed by atoms with Gasteiger partial charge in [0, 0.05) is 33.6 Å². The second-order valence-electron chi connectivity index (χ2n) is 13.5. The van der Waals surface area contributed by atoms with Gasteiger partial charge in [0.05, 0.1) is 33.7 Å². The fourth-order valence-electron chi connectivity index (χ4n) is 8.34. The van der Waals surface area contributed by atoms with Crippen LogP contribution in [0.15, 0.2) is 152 Å². The summed E-state index contributed by atoms with van der Waals surface area (Å²) in [6, 6.07) is 47.4. The molecule has 0 saturated carbocycles. The fourth-order valence-corrected chi connectivity index (χ4v) is 8.34. The van der Waals surface area contributed by atoms with Gasteiger partial charge in [-0.05, 0) is 89.9 Å². The van der Waals surface area contributed by atoms with E-state index in [1.165, 1.54) is 44.2 Å². The number of rotatable bonds is 3. The molecule has 2 aliphatic heterocycles. The topological polar surface area (TPSA) is 43.2 Å². The van der Waals surface area contributed by atoms with Crippen molar-refractivity contribution in [1.29, 1.82) is 0 Å². The number of ether oxygens (including phenoxy) is 1. The van der Waals surface area contributed by atoms with Gasteiger partial charge in [-0.25, -0.2) is 9.97 Å². The molecule has 11 rings (SSSR count). The van der Waals surface area contributed by atoms with E-state index >= 15 is 0 Å². The van der Waals surface area contributed by atoms with Crippen LogP contribution in [0.2, 0.25) is 0 Å². The van der Waals surface area contributed by atoms with E-state index in [4.69, 9.17) is 14.7 Å². The Morgan fingerprint density at radius 1 is 0.680 bits per heavy atom. The van der Waals surface area contributed by atoms with Crippen LogP contribution in [0.3, 0.4) is 0 Å². The minimum absolute atomic E-state index is 0.0463. The lowest BCUT2D eigenvalue weighted by atomic mass is 9.86. The molecule has 1 aliphatic carbocycles. The zero-order valence-corrected chi connectivity index (χ0v) is 27.3. The number of hydrogen-bond acceptors (Lipinski definition) is 4. The lowest BCUT2D eigenvalue weighted by molar-refractivity contribution is 0.486. The number of hydrogen-bond donors (Lipinski definition) is 0. The van der Waals surface area contributed by atoms with Gasteiger partial charge in [0.25, 0.3) is 0 Å². The summed E-state index contributed by atoms with van der Waals surface area (Å²) < 4.78 is 8.72. The van der Waals surface area contributed by atoms with Crippen molar-refractivity contribution in [3.63, 3.8) is 0 Å². The molecule has 0 fully saturated rings. The minimum atomic E-state index is 0.0463. The standard InChI is InChI=1S/C45H30N4O/c1-27-18-21-33-42(24-27)50-41-17-9-14-36-43(41)44(33)47-45(46-36)49-38-16-8-6-13-32(38)35-26-29(20-23-40(35)49)28-19-22-39-34(25-28)31-12-5-7-15-37(31)48(39)30-10-3-2-4-11-30/h2-26,35,40H,1H3. The summed E-state index contributed by atoms with van der Waals surface area (Å²) in [7, 11) is 0. The Bertz CT molecular complexity index is 2780. The lowest BCUT2D eigenvalue weighted by Crippen LogP contribution is -2.30. The monoisotopic (exact) mass is 642 g/mol. The summed E-state index contributed by atoms with van der Waals surface area (Å²) in [5, 5.41) is 3.47. The number of nitrogens with zero attached hydrogens (tertiary/aromatic N) is 4. The number of benzene rings is 6. The Hall–Kier alpha value is -6.46. The first-order valence-corrected chi connectivity index (χ1v) is 17.2. The molecule has 0 N–H and O–H groups in total. The average molecular weight is 643 g/mol. The Labute approximate surface area is 289 Å². The van der Waals surface area contributed by atoms with Crippen molar-refractivity contribution in [2.24, 2.45) is 0 Å². The SMILES string of the molecule is Cc1ccc2c(c1)Oc1cccc3nc(N4c5ccccc5C5C=C(c6ccc7c(c6)c6ccccc6n7-c6ccccc6)C=CC54)nc-2c13. The Morgan fingerprint density at radius 2 is 1.52 bits per heavy atom. The molecule has 0 spiro atoms. The van der Waals surface area contributed by atoms with Crippen LogP contribution in [-0.2, 0) is 0 Å². The predicted molar refractivity (Wildman–Crippen MR) is 203 cm³/mol. The van der Waals surface area contributed by atoms with Crippen LogP contribution < -0.4 is 9.64 Å². The maximum Gasteiger partial charge on any atom is 0.231 e. The van der Waals surface area contributed by atoms with E-state index in [0.717, 1.165) is 44.9 Å². The molecular formula is C45H30N4O. The van der Waals surface area contributed by atoms with Crippen LogP contribution in [0.5, 0.6) is 11.5 Å². The quantitative estimate of drug-likeness (QED) is 0.192. The Balaban J connectivity index is 1.04. The molecule has 2 unspecified atom stereocenters. The highest BCUT2D eigenvalue weighted by Gasteiger charge is 2.40. The van der Waals surface area contributed by atoms with Crippen LogP contribution in [0.4, 0.5) is 11.6 Å². The van der Waals surface area contributed by atoms with Gasteiger partial charge in [-0.15, -0.1) is 0 Å². The number of allylic oxidation sites excluding steroid dienone is 2. The molecule has 0 bridgehead atoms. The number of aryl methyl sites for hydroxylation is 1. The van der Waals surface area contributed by atoms with Crippen molar-refractivity contribution in [3.05, 3.63) is 168 Å². The highest BCUT2D eigenvalue weighted by molar-refractivity contribution is 6.10. The first kappa shape index (κ1) is 27.5. The van der Waals surface area contributed by atoms with Crippen molar-refractivity contribution in [2.45, 2.75) is 18.9 Å². The van der Waals surface area contributed by atoms with Crippen LogP contribution in [0.25, 0.3) is 55.2 Å². The van der Waals surface area contributed by atoms with E-state index in [2.05, 4.69) is 156 Å². The molecule has 3 aliphatic rings.